The maximum atomic E-state index is 13.5. The Labute approximate surface area is 209 Å². The van der Waals surface area contributed by atoms with E-state index in [-0.39, 0.29) is 41.5 Å². The molecule has 1 fully saturated rings. The summed E-state index contributed by atoms with van der Waals surface area (Å²) in [5, 5.41) is 12.9. The number of benzene rings is 2. The molecule has 0 spiro atoms. The van der Waals surface area contributed by atoms with Crippen LogP contribution < -0.4 is 0 Å². The van der Waals surface area contributed by atoms with Crippen molar-refractivity contribution in [3.8, 4) is 5.75 Å². The lowest BCUT2D eigenvalue weighted by molar-refractivity contribution is -0.140. The molecule has 0 unspecified atom stereocenters. The second-order valence-electron chi connectivity index (χ2n) is 10.3. The van der Waals surface area contributed by atoms with E-state index in [9.17, 15) is 24.3 Å². The zero-order valence-electron chi connectivity index (χ0n) is 20.3. The van der Waals surface area contributed by atoms with Gasteiger partial charge < -0.3 is 5.11 Å². The molecule has 0 aromatic heterocycles. The molecule has 1 saturated heterocycles. The SMILES string of the molecule is CCCN1C(=O)[C@H]2[C@H](CC=C3[C@H](c4ccc5ccccc5c4O)C4=C(C[C@H]32)C(=O)C(C)=CC4=O)C1=O. The van der Waals surface area contributed by atoms with Gasteiger partial charge in [-0.15, -0.1) is 0 Å². The first-order chi connectivity index (χ1) is 17.3. The van der Waals surface area contributed by atoms with E-state index >= 15 is 0 Å². The van der Waals surface area contributed by atoms with Gasteiger partial charge in [0, 0.05) is 40.1 Å². The van der Waals surface area contributed by atoms with Crippen molar-refractivity contribution in [1.29, 1.82) is 0 Å². The van der Waals surface area contributed by atoms with Crippen LogP contribution in [0.15, 0.2) is 70.8 Å². The number of phenolic OH excluding ortho intramolecular Hbond substituents is 1. The Morgan fingerprint density at radius 3 is 2.56 bits per heavy atom. The van der Waals surface area contributed by atoms with Gasteiger partial charge in [0.05, 0.1) is 11.8 Å². The van der Waals surface area contributed by atoms with Crippen LogP contribution in [0, 0.1) is 17.8 Å². The summed E-state index contributed by atoms with van der Waals surface area (Å²) in [6.07, 6.45) is 4.71. The Balaban J connectivity index is 1.56. The molecule has 2 aromatic carbocycles. The summed E-state index contributed by atoms with van der Waals surface area (Å²) >= 11 is 0. The Hall–Kier alpha value is -3.80. The molecule has 6 heteroatoms. The highest BCUT2D eigenvalue weighted by molar-refractivity contribution is 6.24. The number of rotatable bonds is 3. The van der Waals surface area contributed by atoms with Gasteiger partial charge in [0.1, 0.15) is 5.75 Å². The number of fused-ring (bicyclic) bond motifs is 4. The van der Waals surface area contributed by atoms with E-state index < -0.39 is 17.8 Å². The molecule has 2 amide bonds. The molecule has 1 N–H and O–H groups in total. The van der Waals surface area contributed by atoms with Gasteiger partial charge in [0.2, 0.25) is 11.8 Å². The van der Waals surface area contributed by atoms with E-state index in [4.69, 9.17) is 0 Å². The lowest BCUT2D eigenvalue weighted by Crippen LogP contribution is -2.39. The van der Waals surface area contributed by atoms with Gasteiger partial charge in [0.25, 0.3) is 0 Å². The van der Waals surface area contributed by atoms with Crippen molar-refractivity contribution in [2.45, 2.75) is 39.0 Å². The Morgan fingerprint density at radius 1 is 1.00 bits per heavy atom. The zero-order chi connectivity index (χ0) is 25.3. The summed E-state index contributed by atoms with van der Waals surface area (Å²) < 4.78 is 0. The first kappa shape index (κ1) is 22.7. The monoisotopic (exact) mass is 481 g/mol. The largest absolute Gasteiger partial charge is 0.507 e. The van der Waals surface area contributed by atoms with Crippen LogP contribution in [0.2, 0.25) is 0 Å². The van der Waals surface area contributed by atoms with Crippen molar-refractivity contribution < 1.29 is 24.3 Å². The van der Waals surface area contributed by atoms with E-state index in [0.29, 0.717) is 47.1 Å². The topological polar surface area (TPSA) is 91.8 Å². The highest BCUT2D eigenvalue weighted by Crippen LogP contribution is 2.56. The molecule has 2 aromatic rings. The first-order valence-corrected chi connectivity index (χ1v) is 12.6. The van der Waals surface area contributed by atoms with Crippen LogP contribution in [0.5, 0.6) is 5.75 Å². The fraction of sp³-hybridized carbons (Fsp3) is 0.333. The number of aromatic hydroxyl groups is 1. The summed E-state index contributed by atoms with van der Waals surface area (Å²) in [6.45, 7) is 3.95. The standard InChI is InChI=1S/C30H27NO5/c1-3-12-31-29(35)20-11-10-18-21(25(20)30(31)36)14-22-26(23(32)13-15(2)27(22)33)24(18)19-9-8-16-6-4-5-7-17(16)28(19)34/h4-10,13,20-21,24-25,34H,3,11-12,14H2,1-2H3/t20-,21+,24+,25-/m0/s1. The van der Waals surface area contributed by atoms with Crippen LogP contribution in [0.4, 0.5) is 0 Å². The van der Waals surface area contributed by atoms with Crippen molar-refractivity contribution in [3.63, 3.8) is 0 Å². The predicted molar refractivity (Wildman–Crippen MR) is 134 cm³/mol. The predicted octanol–water partition coefficient (Wildman–Crippen LogP) is 4.38. The number of likely N-dealkylation sites (tertiary alicyclic amines) is 1. The molecule has 36 heavy (non-hydrogen) atoms. The molecule has 6 nitrogen and oxygen atoms in total. The summed E-state index contributed by atoms with van der Waals surface area (Å²) in [5.41, 5.74) is 2.58. The van der Waals surface area contributed by atoms with Crippen LogP contribution in [0.3, 0.4) is 0 Å². The average molecular weight is 482 g/mol. The number of ketones is 2. The number of amides is 2. The minimum absolute atomic E-state index is 0.0709. The molecule has 4 atom stereocenters. The normalized spacial score (nSPS) is 27.7. The van der Waals surface area contributed by atoms with Crippen LogP contribution in [-0.4, -0.2) is 39.9 Å². The number of hydrogen-bond donors (Lipinski definition) is 1. The molecule has 1 aliphatic heterocycles. The van der Waals surface area contributed by atoms with Crippen LogP contribution in [-0.2, 0) is 19.2 Å². The Bertz CT molecular complexity index is 1480. The van der Waals surface area contributed by atoms with E-state index in [0.717, 1.165) is 11.0 Å². The maximum absolute atomic E-state index is 13.5. The summed E-state index contributed by atoms with van der Waals surface area (Å²) in [6, 6.07) is 11.2. The first-order valence-electron chi connectivity index (χ1n) is 12.6. The van der Waals surface area contributed by atoms with Gasteiger partial charge in [-0.25, -0.2) is 0 Å². The molecule has 0 bridgehead atoms. The zero-order valence-corrected chi connectivity index (χ0v) is 20.3. The van der Waals surface area contributed by atoms with Gasteiger partial charge in [-0.3, -0.25) is 24.1 Å². The quantitative estimate of drug-likeness (QED) is 0.399. The molecule has 182 valence electrons. The molecular weight excluding hydrogens is 454 g/mol. The van der Waals surface area contributed by atoms with E-state index in [1.165, 1.54) is 11.0 Å². The van der Waals surface area contributed by atoms with Crippen molar-refractivity contribution >= 4 is 34.2 Å². The van der Waals surface area contributed by atoms with Crippen molar-refractivity contribution in [2.75, 3.05) is 6.54 Å². The molecule has 3 aliphatic carbocycles. The summed E-state index contributed by atoms with van der Waals surface area (Å²) in [4.78, 5) is 54.7. The van der Waals surface area contributed by atoms with Gasteiger partial charge in [-0.05, 0) is 43.6 Å². The maximum Gasteiger partial charge on any atom is 0.233 e. The lowest BCUT2D eigenvalue weighted by Gasteiger charge is -2.42. The van der Waals surface area contributed by atoms with Gasteiger partial charge in [0.15, 0.2) is 11.6 Å². The minimum atomic E-state index is -0.645. The second-order valence-corrected chi connectivity index (χ2v) is 10.3. The number of allylic oxidation sites excluding steroid dienone is 6. The average Bonchev–Trinajstić information content (AvgIpc) is 3.12. The third-order valence-corrected chi connectivity index (χ3v) is 8.34. The number of hydrogen-bond acceptors (Lipinski definition) is 5. The number of imide groups is 1. The number of phenols is 1. The van der Waals surface area contributed by atoms with Gasteiger partial charge in [-0.2, -0.15) is 0 Å². The number of Topliss-reactive ketones (excluding diaryl/α,β-unsaturated/α-hetero) is 1. The van der Waals surface area contributed by atoms with Crippen molar-refractivity contribution in [1.82, 2.24) is 4.90 Å². The Kier molecular flexibility index (Phi) is 5.11. The van der Waals surface area contributed by atoms with Crippen LogP contribution in [0.25, 0.3) is 10.8 Å². The number of carbonyl (C=O) groups excluding carboxylic acids is 4. The minimum Gasteiger partial charge on any atom is -0.507 e. The number of nitrogens with zero attached hydrogens (tertiary/aromatic N) is 1. The highest BCUT2D eigenvalue weighted by Gasteiger charge is 2.56. The molecule has 6 rings (SSSR count). The van der Waals surface area contributed by atoms with Crippen LogP contribution in [0.1, 0.15) is 44.6 Å². The lowest BCUT2D eigenvalue weighted by atomic mass is 9.59. The molecule has 1 heterocycles. The number of carbonyl (C=O) groups is 4. The second kappa shape index (κ2) is 8.12. The summed E-state index contributed by atoms with van der Waals surface area (Å²) in [7, 11) is 0. The molecular formula is C30H27NO5. The van der Waals surface area contributed by atoms with Gasteiger partial charge >= 0.3 is 0 Å². The molecule has 0 saturated carbocycles. The molecule has 0 radical (unpaired) electrons. The Morgan fingerprint density at radius 2 is 1.78 bits per heavy atom. The van der Waals surface area contributed by atoms with E-state index in [2.05, 4.69) is 0 Å². The van der Waals surface area contributed by atoms with Crippen molar-refractivity contribution in [2.24, 2.45) is 17.8 Å². The van der Waals surface area contributed by atoms with Gasteiger partial charge in [-0.1, -0.05) is 55.0 Å². The fourth-order valence-electron chi connectivity index (χ4n) is 6.75. The van der Waals surface area contributed by atoms with E-state index in [1.54, 1.807) is 6.92 Å². The van der Waals surface area contributed by atoms with Crippen molar-refractivity contribution in [3.05, 3.63) is 76.4 Å². The third kappa shape index (κ3) is 3.03. The highest BCUT2D eigenvalue weighted by atomic mass is 16.3. The fourth-order valence-corrected chi connectivity index (χ4v) is 6.75. The smallest absolute Gasteiger partial charge is 0.233 e. The molecule has 4 aliphatic rings. The summed E-state index contributed by atoms with van der Waals surface area (Å²) in [5.74, 6) is -2.71. The third-order valence-electron chi connectivity index (χ3n) is 8.34. The van der Waals surface area contributed by atoms with E-state index in [1.807, 2.05) is 49.4 Å². The van der Waals surface area contributed by atoms with Crippen LogP contribution >= 0.6 is 0 Å².